The third kappa shape index (κ3) is 4.65. The van der Waals surface area contributed by atoms with Crippen LogP contribution in [0.15, 0.2) is 24.3 Å². The lowest BCUT2D eigenvalue weighted by molar-refractivity contribution is -0.132. The lowest BCUT2D eigenvalue weighted by atomic mass is 10.1. The van der Waals surface area contributed by atoms with Gasteiger partial charge in [0, 0.05) is 32.5 Å². The number of benzene rings is 1. The number of hydrogen-bond donors (Lipinski definition) is 1. The first-order valence-corrected chi connectivity index (χ1v) is 10.9. The highest BCUT2D eigenvalue weighted by molar-refractivity contribution is 7.88. The van der Waals surface area contributed by atoms with E-state index in [1.165, 1.54) is 6.07 Å². The SMILES string of the molecule is CS(=O)(=O)NCCC(=O)N1CCC2C1CC(=O)N2CCc1ccccc1F. The summed E-state index contributed by atoms with van der Waals surface area (Å²) in [5.41, 5.74) is 0.575. The molecule has 0 radical (unpaired) electrons. The van der Waals surface area contributed by atoms with Crippen LogP contribution < -0.4 is 4.72 Å². The summed E-state index contributed by atoms with van der Waals surface area (Å²) in [6.07, 6.45) is 2.52. The Morgan fingerprint density at radius 3 is 2.74 bits per heavy atom. The number of rotatable bonds is 7. The number of nitrogens with one attached hydrogen (secondary N) is 1. The molecule has 0 spiro atoms. The number of nitrogens with zero attached hydrogens (tertiary/aromatic N) is 2. The molecule has 2 atom stereocenters. The van der Waals surface area contributed by atoms with E-state index < -0.39 is 10.0 Å². The first-order chi connectivity index (χ1) is 12.8. The molecule has 2 aliphatic heterocycles. The molecule has 1 aromatic carbocycles. The second-order valence-electron chi connectivity index (χ2n) is 7.06. The molecule has 2 aliphatic rings. The molecule has 0 saturated carbocycles. The van der Waals surface area contributed by atoms with Crippen LogP contribution in [0.5, 0.6) is 0 Å². The molecule has 2 unspecified atom stereocenters. The van der Waals surface area contributed by atoms with Crippen LogP contribution in [0.1, 0.15) is 24.8 Å². The van der Waals surface area contributed by atoms with Crippen LogP contribution in [0.3, 0.4) is 0 Å². The van der Waals surface area contributed by atoms with Gasteiger partial charge in [0.2, 0.25) is 21.8 Å². The fourth-order valence-electron chi connectivity index (χ4n) is 3.96. The molecule has 2 heterocycles. The van der Waals surface area contributed by atoms with Crippen LogP contribution in [0, 0.1) is 5.82 Å². The van der Waals surface area contributed by atoms with Crippen LogP contribution >= 0.6 is 0 Å². The van der Waals surface area contributed by atoms with Gasteiger partial charge in [-0.1, -0.05) is 18.2 Å². The van der Waals surface area contributed by atoms with E-state index in [0.717, 1.165) is 6.26 Å². The Balaban J connectivity index is 1.57. The first kappa shape index (κ1) is 19.8. The summed E-state index contributed by atoms with van der Waals surface area (Å²) in [5.74, 6) is -0.446. The zero-order valence-electron chi connectivity index (χ0n) is 15.2. The van der Waals surface area contributed by atoms with Gasteiger partial charge in [-0.05, 0) is 24.5 Å². The Morgan fingerprint density at radius 2 is 2.04 bits per heavy atom. The molecule has 7 nitrogen and oxygen atoms in total. The van der Waals surface area contributed by atoms with Crippen molar-refractivity contribution in [1.82, 2.24) is 14.5 Å². The van der Waals surface area contributed by atoms with Crippen LogP contribution in [-0.2, 0) is 26.0 Å². The quantitative estimate of drug-likeness (QED) is 0.726. The highest BCUT2D eigenvalue weighted by Crippen LogP contribution is 2.33. The van der Waals surface area contributed by atoms with Gasteiger partial charge in [0.25, 0.3) is 0 Å². The van der Waals surface area contributed by atoms with Gasteiger partial charge in [0.1, 0.15) is 5.82 Å². The maximum absolute atomic E-state index is 13.8. The van der Waals surface area contributed by atoms with E-state index in [2.05, 4.69) is 4.72 Å². The normalized spacial score (nSPS) is 22.4. The highest BCUT2D eigenvalue weighted by Gasteiger charge is 2.47. The van der Waals surface area contributed by atoms with E-state index in [0.29, 0.717) is 31.5 Å². The van der Waals surface area contributed by atoms with Crippen LogP contribution in [0.2, 0.25) is 0 Å². The van der Waals surface area contributed by atoms with Crippen molar-refractivity contribution >= 4 is 21.8 Å². The number of hydrogen-bond acceptors (Lipinski definition) is 4. The number of fused-ring (bicyclic) bond motifs is 1. The Hall–Kier alpha value is -2.00. The fourth-order valence-corrected chi connectivity index (χ4v) is 4.43. The molecule has 0 bridgehead atoms. The summed E-state index contributed by atoms with van der Waals surface area (Å²) >= 11 is 0. The van der Waals surface area contributed by atoms with E-state index in [9.17, 15) is 22.4 Å². The molecular formula is C18H24FN3O4S. The van der Waals surface area contributed by atoms with E-state index in [-0.39, 0.29) is 49.1 Å². The van der Waals surface area contributed by atoms with Crippen LogP contribution in [0.4, 0.5) is 4.39 Å². The van der Waals surface area contributed by atoms with Gasteiger partial charge in [0.05, 0.1) is 18.3 Å². The van der Waals surface area contributed by atoms with E-state index in [1.807, 2.05) is 0 Å². The third-order valence-electron chi connectivity index (χ3n) is 5.22. The zero-order chi connectivity index (χ0) is 19.6. The van der Waals surface area contributed by atoms with Crippen LogP contribution in [0.25, 0.3) is 0 Å². The molecule has 2 saturated heterocycles. The van der Waals surface area contributed by atoms with Gasteiger partial charge in [-0.15, -0.1) is 0 Å². The molecule has 0 aromatic heterocycles. The zero-order valence-corrected chi connectivity index (χ0v) is 16.0. The second kappa shape index (κ2) is 7.93. The number of carbonyl (C=O) groups is 2. The third-order valence-corrected chi connectivity index (χ3v) is 5.95. The minimum atomic E-state index is -3.33. The molecule has 9 heteroatoms. The van der Waals surface area contributed by atoms with Gasteiger partial charge < -0.3 is 9.80 Å². The summed E-state index contributed by atoms with van der Waals surface area (Å²) in [5, 5.41) is 0. The van der Waals surface area contributed by atoms with Crippen molar-refractivity contribution < 1.29 is 22.4 Å². The molecule has 2 amide bonds. The number of amides is 2. The van der Waals surface area contributed by atoms with Crippen molar-refractivity contribution in [1.29, 1.82) is 0 Å². The summed E-state index contributed by atoms with van der Waals surface area (Å²) in [6.45, 7) is 1.03. The standard InChI is InChI=1S/C18H24FN3O4S/c1-27(25,26)20-9-6-17(23)22-11-8-15-16(22)12-18(24)21(15)10-7-13-4-2-3-5-14(13)19/h2-5,15-16,20H,6-12H2,1H3. The molecule has 1 N–H and O–H groups in total. The minimum absolute atomic E-state index is 0.0203. The van der Waals surface area contributed by atoms with E-state index in [4.69, 9.17) is 0 Å². The molecule has 3 rings (SSSR count). The monoisotopic (exact) mass is 397 g/mol. The fraction of sp³-hybridized carbons (Fsp3) is 0.556. The largest absolute Gasteiger partial charge is 0.337 e. The molecule has 148 valence electrons. The van der Waals surface area contributed by atoms with Gasteiger partial charge in [-0.25, -0.2) is 17.5 Å². The summed E-state index contributed by atoms with van der Waals surface area (Å²) < 4.78 is 38.3. The Morgan fingerprint density at radius 1 is 1.30 bits per heavy atom. The number of halogens is 1. The lowest BCUT2D eigenvalue weighted by Crippen LogP contribution is -2.41. The van der Waals surface area contributed by atoms with Crippen LogP contribution in [-0.4, -0.2) is 68.0 Å². The summed E-state index contributed by atoms with van der Waals surface area (Å²) in [6, 6.07) is 6.31. The second-order valence-corrected chi connectivity index (χ2v) is 8.89. The van der Waals surface area contributed by atoms with Crippen molar-refractivity contribution in [3.05, 3.63) is 35.6 Å². The maximum Gasteiger partial charge on any atom is 0.225 e. The van der Waals surface area contributed by atoms with Crippen molar-refractivity contribution in [3.63, 3.8) is 0 Å². The molecule has 2 fully saturated rings. The molecule has 27 heavy (non-hydrogen) atoms. The predicted octanol–water partition coefficient (Wildman–Crippen LogP) is 0.509. The Bertz CT molecular complexity index is 830. The average Bonchev–Trinajstić information content (AvgIpc) is 3.11. The van der Waals surface area contributed by atoms with Crippen molar-refractivity contribution in [2.75, 3.05) is 25.9 Å². The van der Waals surface area contributed by atoms with Crippen molar-refractivity contribution in [2.24, 2.45) is 0 Å². The van der Waals surface area contributed by atoms with Gasteiger partial charge in [0.15, 0.2) is 0 Å². The molecular weight excluding hydrogens is 373 g/mol. The minimum Gasteiger partial charge on any atom is -0.337 e. The summed E-state index contributed by atoms with van der Waals surface area (Å²) in [4.78, 5) is 28.3. The smallest absolute Gasteiger partial charge is 0.225 e. The predicted molar refractivity (Wildman–Crippen MR) is 97.8 cm³/mol. The number of likely N-dealkylation sites (tertiary alicyclic amines) is 2. The number of carbonyl (C=O) groups excluding carboxylic acids is 2. The maximum atomic E-state index is 13.8. The van der Waals surface area contributed by atoms with E-state index >= 15 is 0 Å². The Kier molecular flexibility index (Phi) is 5.81. The lowest BCUT2D eigenvalue weighted by Gasteiger charge is -2.25. The van der Waals surface area contributed by atoms with Crippen molar-refractivity contribution in [3.8, 4) is 0 Å². The van der Waals surface area contributed by atoms with E-state index in [1.54, 1.807) is 28.0 Å². The topological polar surface area (TPSA) is 86.8 Å². The number of sulfonamides is 1. The highest BCUT2D eigenvalue weighted by atomic mass is 32.2. The van der Waals surface area contributed by atoms with Crippen molar-refractivity contribution in [2.45, 2.75) is 37.8 Å². The molecule has 1 aromatic rings. The van der Waals surface area contributed by atoms with Gasteiger partial charge >= 0.3 is 0 Å². The first-order valence-electron chi connectivity index (χ1n) is 9.03. The Labute approximate surface area is 158 Å². The van der Waals surface area contributed by atoms with Gasteiger partial charge in [-0.3, -0.25) is 9.59 Å². The van der Waals surface area contributed by atoms with Gasteiger partial charge in [-0.2, -0.15) is 0 Å². The summed E-state index contributed by atoms with van der Waals surface area (Å²) in [7, 11) is -3.33. The average molecular weight is 397 g/mol. The molecule has 0 aliphatic carbocycles.